The van der Waals surface area contributed by atoms with Crippen molar-refractivity contribution in [3.8, 4) is 0 Å². The second kappa shape index (κ2) is 15.5. The van der Waals surface area contributed by atoms with Gasteiger partial charge in [-0.3, -0.25) is 0 Å². The zero-order valence-corrected chi connectivity index (χ0v) is 24.3. The van der Waals surface area contributed by atoms with E-state index >= 15 is 0 Å². The molecular weight excluding hydrogens is 696 g/mol. The lowest BCUT2D eigenvalue weighted by molar-refractivity contribution is -0.870. The van der Waals surface area contributed by atoms with Crippen LogP contribution in [0.2, 0.25) is 0 Å². The average Bonchev–Trinajstić information content (AvgIpc) is 2.60. The van der Waals surface area contributed by atoms with Gasteiger partial charge >= 0.3 is 42.1 Å². The highest BCUT2D eigenvalue weighted by Gasteiger charge is 2.55. The van der Waals surface area contributed by atoms with Crippen molar-refractivity contribution < 1.29 is 90.8 Å². The molecule has 0 bridgehead atoms. The molecule has 0 amide bonds. The van der Waals surface area contributed by atoms with Crippen LogP contribution in [-0.2, 0) is 40.1 Å². The van der Waals surface area contributed by atoms with Gasteiger partial charge in [0.2, 0.25) is 0 Å². The highest BCUT2D eigenvalue weighted by Crippen LogP contribution is 2.36. The second-order valence-electron chi connectivity index (χ2n) is 7.97. The normalized spacial score (nSPS) is 14.1. The molecule has 0 aliphatic rings. The van der Waals surface area contributed by atoms with Crippen molar-refractivity contribution in [2.75, 3.05) is 27.7 Å². The molecule has 0 aromatic rings. The van der Waals surface area contributed by atoms with Crippen molar-refractivity contribution in [2.45, 2.75) is 54.6 Å². The summed E-state index contributed by atoms with van der Waals surface area (Å²) >= 11 is 0. The van der Waals surface area contributed by atoms with Gasteiger partial charge in [-0.1, -0.05) is 23.9 Å². The second-order valence-corrected chi connectivity index (χ2v) is 15.0. The van der Waals surface area contributed by atoms with E-state index in [1.807, 2.05) is 0 Å². The minimum Gasteiger partial charge on any atom is -0.421 e. The Balaban J connectivity index is -0.000000253. The van der Waals surface area contributed by atoms with E-state index in [2.05, 4.69) is 28.1 Å². The SMILES string of the molecule is CCCCCC[N+](C)(C)C.N.O=S(=O)(NS(=O)(=O)C(F)(F)F)C(F)(F)F.O=S(=O)([N-]S(=O)(=O)C(F)(F)F)C(F)(F)F. The Morgan fingerprint density at radius 2 is 0.854 bits per heavy atom. The van der Waals surface area contributed by atoms with Crippen LogP contribution in [0.25, 0.3) is 4.13 Å². The first kappa shape index (κ1) is 46.7. The van der Waals surface area contributed by atoms with Crippen LogP contribution in [0.4, 0.5) is 52.7 Å². The number of nitrogens with one attached hydrogen (secondary N) is 1. The van der Waals surface area contributed by atoms with Crippen LogP contribution in [0.3, 0.4) is 0 Å². The minimum atomic E-state index is -6.72. The highest BCUT2D eigenvalue weighted by molar-refractivity contribution is 8.13. The van der Waals surface area contributed by atoms with Crippen molar-refractivity contribution in [3.63, 3.8) is 0 Å². The quantitative estimate of drug-likeness (QED) is 0.202. The molecule has 0 spiro atoms. The predicted octanol–water partition coefficient (Wildman–Crippen LogP) is 3.77. The Hall–Kier alpha value is -1.20. The van der Waals surface area contributed by atoms with Crippen LogP contribution in [0.1, 0.15) is 32.6 Å². The number of rotatable bonds is 9. The zero-order chi connectivity index (χ0) is 33.4. The first-order valence-electron chi connectivity index (χ1n) is 9.56. The molecule has 0 rings (SSSR count). The van der Waals surface area contributed by atoms with E-state index in [4.69, 9.17) is 0 Å². The number of halogens is 12. The van der Waals surface area contributed by atoms with Crippen LogP contribution in [0, 0.1) is 0 Å². The summed E-state index contributed by atoms with van der Waals surface area (Å²) in [6, 6.07) is 0. The molecule has 41 heavy (non-hydrogen) atoms. The molecule has 28 heteroatoms. The van der Waals surface area contributed by atoms with Gasteiger partial charge in [0.1, 0.15) is 0 Å². The zero-order valence-electron chi connectivity index (χ0n) is 21.1. The van der Waals surface area contributed by atoms with Gasteiger partial charge in [-0.15, -0.1) is 0 Å². The Labute approximate surface area is 227 Å². The third-order valence-corrected chi connectivity index (χ3v) is 9.01. The largest absolute Gasteiger partial charge is 0.512 e. The maximum atomic E-state index is 11.5. The van der Waals surface area contributed by atoms with E-state index in [1.54, 1.807) is 0 Å². The average molecular weight is 723 g/mol. The van der Waals surface area contributed by atoms with Crippen LogP contribution in [0.15, 0.2) is 0 Å². The summed E-state index contributed by atoms with van der Waals surface area (Å²) in [6.07, 6.45) is 5.54. The monoisotopic (exact) mass is 722 g/mol. The van der Waals surface area contributed by atoms with Crippen LogP contribution < -0.4 is 10.3 Å². The number of hydrogen-bond donors (Lipinski definition) is 2. The first-order valence-corrected chi connectivity index (χ1v) is 15.4. The molecule has 0 aliphatic carbocycles. The summed E-state index contributed by atoms with van der Waals surface area (Å²) < 4.78 is 219. The highest BCUT2D eigenvalue weighted by atomic mass is 32.3. The van der Waals surface area contributed by atoms with Gasteiger partial charge in [-0.25, -0.2) is 33.7 Å². The fourth-order valence-corrected chi connectivity index (χ4v) is 5.09. The molecule has 0 aliphatic heterocycles. The maximum absolute atomic E-state index is 11.5. The Morgan fingerprint density at radius 3 is 1.05 bits per heavy atom. The summed E-state index contributed by atoms with van der Waals surface area (Å²) in [5, 5.41) is 0. The molecule has 0 aromatic heterocycles. The van der Waals surface area contributed by atoms with E-state index < -0.39 is 66.3 Å². The topological polar surface area (TPSA) is 198 Å². The van der Waals surface area contributed by atoms with Gasteiger partial charge in [0.15, 0.2) is 20.0 Å². The third kappa shape index (κ3) is 18.2. The number of nitrogens with zero attached hydrogens (tertiary/aromatic N) is 2. The summed E-state index contributed by atoms with van der Waals surface area (Å²) in [4.78, 5) is 0. The van der Waals surface area contributed by atoms with Crippen molar-refractivity contribution in [3.05, 3.63) is 4.13 Å². The van der Waals surface area contributed by atoms with Gasteiger partial charge in [-0.05, 0) is 12.8 Å². The van der Waals surface area contributed by atoms with Gasteiger partial charge in [0, 0.05) is 0 Å². The molecule has 0 aromatic carbocycles. The predicted molar refractivity (Wildman–Crippen MR) is 118 cm³/mol. The molecule has 0 unspecified atom stereocenters. The molecule has 0 radical (unpaired) electrons. The van der Waals surface area contributed by atoms with Crippen molar-refractivity contribution >= 4 is 40.1 Å². The Bertz CT molecular complexity index is 1050. The van der Waals surface area contributed by atoms with Gasteiger partial charge in [-0.2, -0.15) is 52.7 Å². The van der Waals surface area contributed by atoms with E-state index in [0.29, 0.717) is 0 Å². The summed E-state index contributed by atoms with van der Waals surface area (Å²) in [6.45, 7) is 3.58. The van der Waals surface area contributed by atoms with Crippen LogP contribution >= 0.6 is 0 Å². The molecule has 0 atom stereocenters. The lowest BCUT2D eigenvalue weighted by Crippen LogP contribution is -2.45. The lowest BCUT2D eigenvalue weighted by Gasteiger charge is -2.23. The molecule has 0 saturated heterocycles. The van der Waals surface area contributed by atoms with E-state index in [0.717, 1.165) is 8.61 Å². The maximum Gasteiger partial charge on any atom is 0.512 e. The van der Waals surface area contributed by atoms with Crippen LogP contribution in [0.5, 0.6) is 0 Å². The van der Waals surface area contributed by atoms with E-state index in [-0.39, 0.29) is 6.15 Å². The fourth-order valence-electron chi connectivity index (χ4n) is 1.47. The summed E-state index contributed by atoms with van der Waals surface area (Å²) in [5.41, 5.74) is -24.7. The van der Waals surface area contributed by atoms with Crippen molar-refractivity contribution in [1.82, 2.24) is 10.3 Å². The fraction of sp³-hybridized carbons (Fsp3) is 1.00. The number of unbranched alkanes of at least 4 members (excludes halogenated alkanes) is 3. The number of sulfonamides is 4. The third-order valence-electron chi connectivity index (χ3n) is 3.29. The molecule has 0 fully saturated rings. The Morgan fingerprint density at radius 1 is 0.561 bits per heavy atom. The van der Waals surface area contributed by atoms with Crippen molar-refractivity contribution in [1.29, 1.82) is 0 Å². The van der Waals surface area contributed by atoms with Crippen LogP contribution in [-0.4, -0.2) is 87.9 Å². The number of alkyl halides is 12. The molecular formula is C13H26F12N4O8S4. The lowest BCUT2D eigenvalue weighted by atomic mass is 10.2. The van der Waals surface area contributed by atoms with Gasteiger partial charge < -0.3 is 14.8 Å². The summed E-state index contributed by atoms with van der Waals surface area (Å²) in [5.74, 6) is 0. The molecule has 4 N–H and O–H groups in total. The smallest absolute Gasteiger partial charge is 0.421 e. The van der Waals surface area contributed by atoms with Gasteiger partial charge in [0.25, 0.3) is 0 Å². The van der Waals surface area contributed by atoms with Gasteiger partial charge in [0.05, 0.1) is 27.7 Å². The standard InChI is InChI=1S/C9H22N.C2HF6NO4S2.C2F6NO4S2.H3N/c1-5-6-7-8-9-10(2,3)4;2*3-1(4,5)14(10,11)9-15(12,13)2(6,7)8;/h5-9H2,1-4H3;9H;;1H3/q+1;;-1;. The molecule has 12 nitrogen and oxygen atoms in total. The molecule has 0 heterocycles. The number of quaternary nitrogens is 1. The van der Waals surface area contributed by atoms with E-state index in [1.165, 1.54) is 32.2 Å². The molecule has 254 valence electrons. The minimum absolute atomic E-state index is 0. The van der Waals surface area contributed by atoms with E-state index in [9.17, 15) is 86.4 Å². The molecule has 0 saturated carbocycles. The first-order chi connectivity index (χ1) is 17.0. The summed E-state index contributed by atoms with van der Waals surface area (Å²) in [7, 11) is -19.9. The number of hydrogen-bond acceptors (Lipinski definition) is 9. The van der Waals surface area contributed by atoms with Crippen molar-refractivity contribution in [2.24, 2.45) is 0 Å². The Kier molecular flexibility index (Phi) is 17.7.